The summed E-state index contributed by atoms with van der Waals surface area (Å²) in [7, 11) is -3.86. The van der Waals surface area contributed by atoms with Gasteiger partial charge in [-0.15, -0.1) is 0 Å². The largest absolute Gasteiger partial charge is 0.462 e. The van der Waals surface area contributed by atoms with Gasteiger partial charge in [-0.25, -0.2) is 18.4 Å². The van der Waals surface area contributed by atoms with Crippen molar-refractivity contribution in [2.45, 2.75) is 66.2 Å². The average molecular weight is 2040 g/mol. The minimum absolute atomic E-state index is 0.00759. The molecule has 3 N–H and O–H groups in total. The molecule has 147 heavy (non-hydrogen) atoms. The number of aldehydes is 8. The molecule has 0 saturated heterocycles. The Balaban J connectivity index is 0.000000115. The lowest BCUT2D eigenvalue weighted by Crippen LogP contribution is -2.25. The van der Waals surface area contributed by atoms with Gasteiger partial charge in [0.2, 0.25) is 15.9 Å². The summed E-state index contributed by atoms with van der Waals surface area (Å²) in [5, 5.41) is 22.3. The Morgan fingerprint density at radius 3 is 1.04 bits per heavy atom. The maximum absolute atomic E-state index is 11.8. The molecule has 0 bridgehead atoms. The SMILES string of the molecule is CC(=O)Nc1ccc2c(c1)oc1ccc(C=O)cc12.CC(=O)c1ccc2oc3ccc(C=O)cc3c2c1.CCN(CC)CCc1ccc2oc3ccc(C=O)cc3c2c1.CCOC(=O)c1ccc2oc3ccc(C=O)cc3c2c1.CCc1ccc2oc3ccc(C=O)cc3c2c1.Cc1ccc2oc3ccc(C=O)cc3c2c1.NS(=O)(=O)c1cccc2oc3ccc(C=O)cc3c12.O=Cc1ccc2oc3ccc(Br)cc3c2c1. The lowest BCUT2D eigenvalue weighted by Gasteiger charge is -2.17. The molecule has 0 aliphatic rings. The summed E-state index contributed by atoms with van der Waals surface area (Å²) in [5.74, 6) is -0.480. The van der Waals surface area contributed by atoms with E-state index in [-0.39, 0.29) is 22.6 Å². The van der Waals surface area contributed by atoms with Gasteiger partial charge in [0.15, 0.2) is 5.78 Å². The lowest BCUT2D eigenvalue weighted by atomic mass is 10.1. The van der Waals surface area contributed by atoms with E-state index in [2.05, 4.69) is 77.2 Å². The zero-order chi connectivity index (χ0) is 103. The smallest absolute Gasteiger partial charge is 0.338 e. The number of nitrogens with two attached hydrogens (primary N) is 1. The van der Waals surface area contributed by atoms with E-state index in [4.69, 9.17) is 45.2 Å². The Morgan fingerprint density at radius 2 is 0.653 bits per heavy atom. The molecule has 27 heteroatoms. The van der Waals surface area contributed by atoms with Crippen molar-refractivity contribution >= 4 is 275 Å². The van der Waals surface area contributed by atoms with Crippen molar-refractivity contribution in [3.8, 4) is 0 Å². The number of Topliss-reactive ketones (excluding diaryl/α,β-unsaturated/α-hetero) is 1. The average Bonchev–Trinajstić information content (AvgIpc) is 1.60. The Bertz CT molecular complexity index is 9320. The number of aryl methyl sites for hydroxylation is 2. The number of nitrogens with one attached hydrogen (secondary N) is 1. The number of furan rings is 8. The quantitative estimate of drug-likeness (QED) is 0.0431. The molecule has 25 nitrogen and oxygen atoms in total. The number of anilines is 1. The van der Waals surface area contributed by atoms with Crippen LogP contribution in [-0.2, 0) is 32.4 Å². The molecule has 0 saturated carbocycles. The lowest BCUT2D eigenvalue weighted by molar-refractivity contribution is -0.114. The molecule has 1 amide bonds. The molecular weight excluding hydrogens is 1950 g/mol. The first kappa shape index (κ1) is 101. The molecule has 0 aliphatic heterocycles. The molecule has 24 aromatic rings. The second-order valence-electron chi connectivity index (χ2n) is 34.5. The summed E-state index contributed by atoms with van der Waals surface area (Å²) < 4.78 is 74.7. The molecule has 24 rings (SSSR count). The Labute approximate surface area is 846 Å². The van der Waals surface area contributed by atoms with Gasteiger partial charge in [0, 0.05) is 166 Å². The molecule has 8 heterocycles. The van der Waals surface area contributed by atoms with Crippen LogP contribution < -0.4 is 10.5 Å². The first-order valence-corrected chi connectivity index (χ1v) is 49.2. The van der Waals surface area contributed by atoms with Crippen molar-refractivity contribution in [1.29, 1.82) is 0 Å². The monoisotopic (exact) mass is 2040 g/mol. The van der Waals surface area contributed by atoms with Crippen LogP contribution in [0.4, 0.5) is 5.69 Å². The van der Waals surface area contributed by atoms with Gasteiger partial charge in [0.05, 0.1) is 17.1 Å². The number of carbonyl (C=O) groups excluding carboxylic acids is 11. The van der Waals surface area contributed by atoms with Crippen LogP contribution in [0.2, 0.25) is 0 Å². The van der Waals surface area contributed by atoms with Gasteiger partial charge in [-0.2, -0.15) is 0 Å². The summed E-state index contributed by atoms with van der Waals surface area (Å²) in [4.78, 5) is 123. The molecule has 0 atom stereocenters. The van der Waals surface area contributed by atoms with E-state index < -0.39 is 10.0 Å². The third-order valence-corrected chi connectivity index (χ3v) is 26.3. The van der Waals surface area contributed by atoms with E-state index in [9.17, 15) is 61.2 Å². The van der Waals surface area contributed by atoms with Crippen LogP contribution in [-0.4, -0.2) is 108 Å². The number of sulfonamides is 1. The van der Waals surface area contributed by atoms with Crippen molar-refractivity contribution in [3.05, 3.63) is 368 Å². The van der Waals surface area contributed by atoms with Gasteiger partial charge in [0.1, 0.15) is 140 Å². The number of benzene rings is 16. The van der Waals surface area contributed by atoms with Gasteiger partial charge in [-0.1, -0.05) is 66.5 Å². The summed E-state index contributed by atoms with van der Waals surface area (Å²) in [6, 6.07) is 87.6. The van der Waals surface area contributed by atoms with Crippen LogP contribution in [0.25, 0.3) is 176 Å². The fourth-order valence-corrected chi connectivity index (χ4v) is 18.5. The molecule has 16 aromatic carbocycles. The van der Waals surface area contributed by atoms with Crippen molar-refractivity contribution in [2.24, 2.45) is 5.14 Å². The second-order valence-corrected chi connectivity index (χ2v) is 36.9. The van der Waals surface area contributed by atoms with Crippen LogP contribution >= 0.6 is 15.9 Å². The minimum Gasteiger partial charge on any atom is -0.462 e. The number of likely N-dealkylation sites (N-methyl/N-ethyl adjacent to an activating group) is 1. The predicted octanol–water partition coefficient (Wildman–Crippen LogP) is 28.7. The van der Waals surface area contributed by atoms with E-state index >= 15 is 0 Å². The Kier molecular flexibility index (Phi) is 30.4. The summed E-state index contributed by atoms with van der Waals surface area (Å²) in [6.07, 6.45) is 8.55. The Morgan fingerprint density at radius 1 is 0.333 bits per heavy atom. The number of primary sulfonamides is 1. The third kappa shape index (κ3) is 22.2. The van der Waals surface area contributed by atoms with E-state index in [1.165, 1.54) is 36.6 Å². The number of ether oxygens (including phenoxy) is 1. The Hall–Kier alpha value is -17.8. The van der Waals surface area contributed by atoms with E-state index in [0.29, 0.717) is 113 Å². The van der Waals surface area contributed by atoms with Crippen LogP contribution in [0.1, 0.15) is 162 Å². The molecule has 8 aromatic heterocycles. The number of hydrogen-bond donors (Lipinski definition) is 2. The number of rotatable bonds is 19. The van der Waals surface area contributed by atoms with Crippen molar-refractivity contribution in [1.82, 2.24) is 4.90 Å². The normalized spacial score (nSPS) is 11.2. The zero-order valence-corrected chi connectivity index (χ0v) is 82.8. The number of amides is 1. The summed E-state index contributed by atoms with van der Waals surface area (Å²) in [5.41, 5.74) is 22.4. The molecule has 0 fully saturated rings. The first-order chi connectivity index (χ1) is 71.2. The van der Waals surface area contributed by atoms with Crippen LogP contribution in [0, 0.1) is 6.92 Å². The summed E-state index contributed by atoms with van der Waals surface area (Å²) >= 11 is 3.43. The maximum Gasteiger partial charge on any atom is 0.338 e. The first-order valence-electron chi connectivity index (χ1n) is 46.8. The molecule has 0 spiro atoms. The highest BCUT2D eigenvalue weighted by atomic mass is 79.9. The number of esters is 1. The van der Waals surface area contributed by atoms with Gasteiger partial charge < -0.3 is 50.3 Å². The van der Waals surface area contributed by atoms with Crippen LogP contribution in [0.15, 0.2) is 336 Å². The van der Waals surface area contributed by atoms with Gasteiger partial charge >= 0.3 is 5.97 Å². The van der Waals surface area contributed by atoms with E-state index in [0.717, 1.165) is 218 Å². The van der Waals surface area contributed by atoms with Crippen molar-refractivity contribution < 1.29 is 101 Å². The predicted molar refractivity (Wildman–Crippen MR) is 578 cm³/mol. The number of carbonyl (C=O) groups is 11. The maximum atomic E-state index is 11.8. The van der Waals surface area contributed by atoms with Gasteiger partial charge in [-0.3, -0.25) is 47.9 Å². The number of nitrogens with zero attached hydrogens (tertiary/aromatic N) is 1. The highest BCUT2D eigenvalue weighted by Crippen LogP contribution is 2.40. The topological polar surface area (TPSA) is 378 Å². The van der Waals surface area contributed by atoms with Crippen LogP contribution in [0.3, 0.4) is 0 Å². The summed E-state index contributed by atoms with van der Waals surface area (Å²) in [6.45, 7) is 16.9. The standard InChI is InChI=1S/C19H21NO2.C16H12O4.C15H11NO3.C15H10O3.C15H12O2.C14H10O2.C13H7BrO2.C13H9NO4S/c1-3-20(4-2)10-9-14-5-7-18-16(11-14)17-12-15(13-21)6-8-19(17)22-18;1-2-19-16(18)11-4-6-15-13(8-11)12-7-10(9-17)3-5-14(12)20-15;1-9(18)16-11-3-4-12-13-6-10(8-17)2-5-14(13)19-15(12)7-11;1-9(17)11-3-5-15-13(7-11)12-6-10(8-16)2-4-14(12)18-15;1-2-10-3-5-14-12(7-10)13-8-11(9-16)4-6-15(13)17-14;1-9-2-4-13-11(6-9)12-7-10(8-15)3-5-14(12)16-13;14-9-2-4-13-11(6-9)10-5-8(7-15)1-3-12(10)16-13;14-19(16,17)12-3-1-2-11-13(12)9-6-8(7-15)4-5-10(9)18-11/h5-8,11-13H,3-4,9-10H2,1-2H3;3-9H,2H2,1H3;2-8H,1H3,(H,16,18);2-8H,1H3;3-9H,2H2,1H3;2-8H,1H3;1-7H;1-7H,(H2,14,16,17). The van der Waals surface area contributed by atoms with Gasteiger partial charge in [0.25, 0.3) is 0 Å². The number of hydrogen-bond acceptors (Lipinski definition) is 23. The second kappa shape index (κ2) is 44.4. The highest BCUT2D eigenvalue weighted by Gasteiger charge is 2.22. The number of halogens is 1. The van der Waals surface area contributed by atoms with Crippen LogP contribution in [0.5, 0.6) is 0 Å². The highest BCUT2D eigenvalue weighted by molar-refractivity contribution is 9.10. The number of ketones is 1. The molecule has 0 unspecified atom stereocenters. The number of fused-ring (bicyclic) bond motifs is 24. The molecule has 0 radical (unpaired) electrons. The van der Waals surface area contributed by atoms with Crippen molar-refractivity contribution in [2.75, 3.05) is 31.6 Å². The molecule has 0 aliphatic carbocycles. The molecule has 732 valence electrons. The van der Waals surface area contributed by atoms with Crippen molar-refractivity contribution in [3.63, 3.8) is 0 Å². The zero-order valence-electron chi connectivity index (χ0n) is 80.4. The van der Waals surface area contributed by atoms with Gasteiger partial charge in [-0.05, 0) is 319 Å². The molecular formula is C120H92BrN3O22S. The third-order valence-electron chi connectivity index (χ3n) is 24.8. The minimum atomic E-state index is -3.86. The fraction of sp³-hybridized carbons (Fsp3) is 0.108. The van der Waals surface area contributed by atoms with E-state index in [1.807, 2.05) is 110 Å². The fourth-order valence-electron chi connectivity index (χ4n) is 17.4. The van der Waals surface area contributed by atoms with E-state index in [1.54, 1.807) is 159 Å².